The second-order valence-electron chi connectivity index (χ2n) is 8.49. The molecule has 0 heterocycles. The van der Waals surface area contributed by atoms with Crippen LogP contribution in [0.4, 0.5) is 24.5 Å². The zero-order valence-electron chi connectivity index (χ0n) is 20.7. The molecule has 0 bridgehead atoms. The summed E-state index contributed by atoms with van der Waals surface area (Å²) in [5.41, 5.74) is 5.70. The molecule has 3 aromatic carbocycles. The Morgan fingerprint density at radius 2 is 1.54 bits per heavy atom. The quantitative estimate of drug-likeness (QED) is 0.317. The van der Waals surface area contributed by atoms with Gasteiger partial charge in [0.25, 0.3) is 5.91 Å². The third-order valence-corrected chi connectivity index (χ3v) is 5.36. The molecule has 3 aromatic rings. The lowest BCUT2D eigenvalue weighted by molar-refractivity contribution is -0.192. The van der Waals surface area contributed by atoms with Gasteiger partial charge in [-0.15, -0.1) is 0 Å². The van der Waals surface area contributed by atoms with Gasteiger partial charge < -0.3 is 20.6 Å². The van der Waals surface area contributed by atoms with Crippen LogP contribution in [0.25, 0.3) is 0 Å². The minimum absolute atomic E-state index is 0.116. The molecule has 0 atom stereocenters. The van der Waals surface area contributed by atoms with Crippen molar-refractivity contribution in [2.24, 2.45) is 0 Å². The fourth-order valence-corrected chi connectivity index (χ4v) is 3.41. The number of amides is 1. The lowest BCUT2D eigenvalue weighted by atomic mass is 10.1. The summed E-state index contributed by atoms with van der Waals surface area (Å²) in [5, 5.41) is 14.3. The Hall–Kier alpha value is -3.56. The van der Waals surface area contributed by atoms with E-state index in [4.69, 9.17) is 21.5 Å². The average molecular weight is 536 g/mol. The van der Waals surface area contributed by atoms with Crippen LogP contribution in [0.3, 0.4) is 0 Å². The summed E-state index contributed by atoms with van der Waals surface area (Å²) in [6.07, 6.45) is -4.24. The number of carbonyl (C=O) groups excluding carboxylic acids is 1. The normalized spacial score (nSPS) is 10.9. The number of anilines is 2. The van der Waals surface area contributed by atoms with E-state index >= 15 is 0 Å². The highest BCUT2D eigenvalue weighted by Crippen LogP contribution is 2.22. The molecule has 1 amide bonds. The molecule has 0 aliphatic rings. The summed E-state index contributed by atoms with van der Waals surface area (Å²) in [6.45, 7) is 3.56. The van der Waals surface area contributed by atoms with Crippen molar-refractivity contribution in [3.8, 4) is 0 Å². The zero-order chi connectivity index (χ0) is 27.6. The smallest absolute Gasteiger partial charge is 0.475 e. The van der Waals surface area contributed by atoms with Crippen LogP contribution in [-0.4, -0.2) is 48.7 Å². The van der Waals surface area contributed by atoms with Crippen LogP contribution in [0.2, 0.25) is 5.02 Å². The van der Waals surface area contributed by atoms with Crippen LogP contribution in [0, 0.1) is 6.92 Å². The third kappa shape index (κ3) is 10.1. The molecule has 0 saturated heterocycles. The monoisotopic (exact) mass is 535 g/mol. The predicted molar refractivity (Wildman–Crippen MR) is 140 cm³/mol. The van der Waals surface area contributed by atoms with Crippen molar-refractivity contribution in [1.29, 1.82) is 0 Å². The number of rotatable bonds is 8. The number of aliphatic carboxylic acids is 1. The van der Waals surface area contributed by atoms with Gasteiger partial charge in [0.15, 0.2) is 0 Å². The second-order valence-corrected chi connectivity index (χ2v) is 8.93. The van der Waals surface area contributed by atoms with E-state index in [-0.39, 0.29) is 5.91 Å². The topological polar surface area (TPSA) is 81.7 Å². The van der Waals surface area contributed by atoms with Crippen LogP contribution >= 0.6 is 11.6 Å². The summed E-state index contributed by atoms with van der Waals surface area (Å²) in [6, 6.07) is 21.6. The fourth-order valence-electron chi connectivity index (χ4n) is 3.28. The van der Waals surface area contributed by atoms with Gasteiger partial charge in [-0.3, -0.25) is 4.79 Å². The number of nitrogens with one attached hydrogen (secondary N) is 2. The molecule has 0 aliphatic heterocycles. The number of alkyl halides is 3. The first-order valence-electron chi connectivity index (χ1n) is 11.3. The molecule has 0 radical (unpaired) electrons. The number of hydrogen-bond donors (Lipinski definition) is 3. The molecule has 0 unspecified atom stereocenters. The summed E-state index contributed by atoms with van der Waals surface area (Å²) >= 11 is 5.95. The number of halogens is 4. The summed E-state index contributed by atoms with van der Waals surface area (Å²) < 4.78 is 31.7. The molecule has 0 fully saturated rings. The van der Waals surface area contributed by atoms with Crippen molar-refractivity contribution in [3.63, 3.8) is 0 Å². The highest BCUT2D eigenvalue weighted by Gasteiger charge is 2.38. The van der Waals surface area contributed by atoms with E-state index < -0.39 is 12.1 Å². The Morgan fingerprint density at radius 1 is 0.946 bits per heavy atom. The molecule has 37 heavy (non-hydrogen) atoms. The van der Waals surface area contributed by atoms with Gasteiger partial charge in [0.2, 0.25) is 0 Å². The van der Waals surface area contributed by atoms with Crippen molar-refractivity contribution in [2.45, 2.75) is 26.1 Å². The van der Waals surface area contributed by atoms with Gasteiger partial charge in [-0.05, 0) is 74.5 Å². The number of aryl methyl sites for hydroxylation is 1. The minimum atomic E-state index is -5.08. The van der Waals surface area contributed by atoms with Crippen molar-refractivity contribution >= 4 is 34.9 Å². The average Bonchev–Trinajstić information content (AvgIpc) is 2.82. The number of carbonyl (C=O) groups is 2. The van der Waals surface area contributed by atoms with E-state index in [1.807, 2.05) is 81.7 Å². The number of carboxylic acid groups (broad SMARTS) is 1. The summed E-state index contributed by atoms with van der Waals surface area (Å²) in [7, 11) is 4.06. The van der Waals surface area contributed by atoms with Crippen LogP contribution in [-0.2, 0) is 17.8 Å². The fraction of sp³-hybridized carbons (Fsp3) is 0.259. The molecular weight excluding hydrogens is 507 g/mol. The number of benzene rings is 3. The maximum Gasteiger partial charge on any atom is 0.490 e. The van der Waals surface area contributed by atoms with E-state index in [0.717, 1.165) is 47.0 Å². The maximum atomic E-state index is 13.0. The van der Waals surface area contributed by atoms with E-state index in [2.05, 4.69) is 21.6 Å². The third-order valence-electron chi connectivity index (χ3n) is 5.11. The van der Waals surface area contributed by atoms with Crippen molar-refractivity contribution in [2.75, 3.05) is 31.3 Å². The van der Waals surface area contributed by atoms with Crippen molar-refractivity contribution in [1.82, 2.24) is 4.90 Å². The van der Waals surface area contributed by atoms with Crippen LogP contribution < -0.4 is 10.6 Å². The molecule has 0 aromatic heterocycles. The second kappa shape index (κ2) is 13.7. The largest absolute Gasteiger partial charge is 0.490 e. The Balaban J connectivity index is 0.000000604. The Bertz CT molecular complexity index is 1200. The van der Waals surface area contributed by atoms with Gasteiger partial charge in [0.05, 0.1) is 5.56 Å². The predicted octanol–water partition coefficient (Wildman–Crippen LogP) is 6.25. The molecule has 0 aliphatic carbocycles. The standard InChI is InChI=1S/C25H28ClN3O.C2HF3O2/c1-18-8-9-20(17-29(2)3)16-24(18)28-25(30)22-6-4-5-7-23(22)27-15-14-19-10-12-21(26)13-11-19;3-2(4,5)1(6)7/h4-13,16,27H,14-15,17H2,1-3H3,(H,28,30);(H,6,7). The van der Waals surface area contributed by atoms with Gasteiger partial charge >= 0.3 is 12.1 Å². The van der Waals surface area contributed by atoms with Gasteiger partial charge in [-0.2, -0.15) is 13.2 Å². The van der Waals surface area contributed by atoms with E-state index in [0.29, 0.717) is 5.56 Å². The van der Waals surface area contributed by atoms with Gasteiger partial charge in [0.1, 0.15) is 0 Å². The highest BCUT2D eigenvalue weighted by atomic mass is 35.5. The van der Waals surface area contributed by atoms with Gasteiger partial charge in [-0.25, -0.2) is 4.79 Å². The molecule has 3 rings (SSSR count). The molecule has 6 nitrogen and oxygen atoms in total. The summed E-state index contributed by atoms with van der Waals surface area (Å²) in [4.78, 5) is 24.0. The van der Waals surface area contributed by atoms with E-state index in [1.165, 1.54) is 5.56 Å². The van der Waals surface area contributed by atoms with Crippen molar-refractivity contribution < 1.29 is 27.9 Å². The molecule has 0 spiro atoms. The first kappa shape index (κ1) is 29.7. The van der Waals surface area contributed by atoms with Crippen molar-refractivity contribution in [3.05, 3.63) is 94.0 Å². The zero-order valence-corrected chi connectivity index (χ0v) is 21.5. The van der Waals surface area contributed by atoms with Crippen LogP contribution in [0.5, 0.6) is 0 Å². The molecule has 10 heteroatoms. The Kier molecular flexibility index (Phi) is 11.0. The SMILES string of the molecule is Cc1ccc(CN(C)C)cc1NC(=O)c1ccccc1NCCc1ccc(Cl)cc1.O=C(O)C(F)(F)F. The van der Waals surface area contributed by atoms with Gasteiger partial charge in [-0.1, -0.05) is 48.0 Å². The first-order chi connectivity index (χ1) is 17.4. The Morgan fingerprint density at radius 3 is 2.14 bits per heavy atom. The molecule has 0 saturated carbocycles. The Labute approximate surface area is 219 Å². The lowest BCUT2D eigenvalue weighted by Crippen LogP contribution is -2.21. The minimum Gasteiger partial charge on any atom is -0.475 e. The maximum absolute atomic E-state index is 13.0. The van der Waals surface area contributed by atoms with Crippen LogP contribution in [0.1, 0.15) is 27.0 Å². The molecule has 198 valence electrons. The lowest BCUT2D eigenvalue weighted by Gasteiger charge is -2.15. The molecule has 3 N–H and O–H groups in total. The van der Waals surface area contributed by atoms with Crippen LogP contribution in [0.15, 0.2) is 66.7 Å². The summed E-state index contributed by atoms with van der Waals surface area (Å²) in [5.74, 6) is -2.87. The highest BCUT2D eigenvalue weighted by molar-refractivity contribution is 6.30. The number of hydrogen-bond acceptors (Lipinski definition) is 4. The number of carboxylic acids is 1. The van der Waals surface area contributed by atoms with E-state index in [1.54, 1.807) is 0 Å². The molecular formula is C27H29ClF3N3O3. The van der Waals surface area contributed by atoms with E-state index in [9.17, 15) is 18.0 Å². The number of para-hydroxylation sites is 1. The van der Waals surface area contributed by atoms with Gasteiger partial charge in [0, 0.05) is 29.5 Å². The first-order valence-corrected chi connectivity index (χ1v) is 11.7. The number of nitrogens with zero attached hydrogens (tertiary/aromatic N) is 1.